The van der Waals surface area contributed by atoms with Gasteiger partial charge in [-0.25, -0.2) is 0 Å². The highest BCUT2D eigenvalue weighted by Crippen LogP contribution is 2.32. The Morgan fingerprint density at radius 3 is 2.70 bits per heavy atom. The van der Waals surface area contributed by atoms with Crippen molar-refractivity contribution in [3.8, 4) is 23.3 Å². The predicted octanol–water partition coefficient (Wildman–Crippen LogP) is 1.36. The highest BCUT2D eigenvalue weighted by atomic mass is 32.1. The van der Waals surface area contributed by atoms with Crippen LogP contribution in [0, 0.1) is 11.3 Å². The van der Waals surface area contributed by atoms with Gasteiger partial charge < -0.3 is 19.5 Å². The largest absolute Gasteiger partial charge is 0.484 e. The molecule has 1 amide bonds. The molecule has 0 radical (unpaired) electrons. The molecule has 2 aromatic rings. The third-order valence-electron chi connectivity index (χ3n) is 3.56. The lowest BCUT2D eigenvalue weighted by atomic mass is 10.2. The molecule has 0 saturated heterocycles. The summed E-state index contributed by atoms with van der Waals surface area (Å²) in [6, 6.07) is 14.1. The first kappa shape index (κ1) is 18.3. The maximum Gasteiger partial charge on any atom is 0.276 e. The number of rotatable bonds is 5. The summed E-state index contributed by atoms with van der Waals surface area (Å²) in [6.45, 7) is 0.493. The second-order valence-corrected chi connectivity index (χ2v) is 5.88. The van der Waals surface area contributed by atoms with E-state index in [1.54, 1.807) is 24.3 Å². The van der Waals surface area contributed by atoms with E-state index >= 15 is 0 Å². The summed E-state index contributed by atoms with van der Waals surface area (Å²) >= 11 is 5.11. The predicted molar refractivity (Wildman–Crippen MR) is 99.9 cm³/mol. The number of benzene rings is 2. The minimum atomic E-state index is -0.397. The molecule has 0 atom stereocenters. The fraction of sp³-hybridized carbons (Fsp3) is 0.167. The van der Waals surface area contributed by atoms with Gasteiger partial charge in [-0.2, -0.15) is 5.26 Å². The summed E-state index contributed by atoms with van der Waals surface area (Å²) in [5.41, 5.74) is 6.52. The average Bonchev–Trinajstić information content (AvgIpc) is 3.17. The molecule has 0 fully saturated rings. The van der Waals surface area contributed by atoms with Crippen LogP contribution in [0.25, 0.3) is 0 Å². The molecule has 2 aromatic carbocycles. The van der Waals surface area contributed by atoms with Gasteiger partial charge in [0, 0.05) is 6.54 Å². The van der Waals surface area contributed by atoms with Crippen molar-refractivity contribution >= 4 is 23.2 Å². The summed E-state index contributed by atoms with van der Waals surface area (Å²) in [5, 5.41) is 12.0. The van der Waals surface area contributed by atoms with Gasteiger partial charge in [0.05, 0.1) is 11.6 Å². The second-order valence-electron chi connectivity index (χ2n) is 5.47. The normalized spacial score (nSPS) is 11.2. The van der Waals surface area contributed by atoms with Crippen molar-refractivity contribution in [3.05, 3.63) is 53.6 Å². The number of thiocarbonyl (C=S) groups is 1. The van der Waals surface area contributed by atoms with Crippen molar-refractivity contribution in [2.24, 2.45) is 0 Å². The first-order chi connectivity index (χ1) is 13.1. The SMILES string of the molecule is N#Cc1ccc(OCC(=O)NNC(=S)NCc2ccc3c(c2)OCO3)cc1. The van der Waals surface area contributed by atoms with Crippen LogP contribution in [0.2, 0.25) is 0 Å². The number of hydrazine groups is 1. The number of carbonyl (C=O) groups is 1. The number of nitriles is 1. The van der Waals surface area contributed by atoms with Crippen LogP contribution >= 0.6 is 12.2 Å². The Morgan fingerprint density at radius 1 is 1.15 bits per heavy atom. The standard InChI is InChI=1S/C18H16N4O4S/c19-8-12-1-4-14(5-2-12)24-10-17(23)21-22-18(27)20-9-13-3-6-15-16(7-13)26-11-25-15/h1-7H,9-11H2,(H,21,23)(H2,20,22,27). The monoisotopic (exact) mass is 384 g/mol. The maximum atomic E-state index is 11.8. The minimum absolute atomic E-state index is 0.191. The Labute approximate surface area is 161 Å². The summed E-state index contributed by atoms with van der Waals surface area (Å²) < 4.78 is 15.9. The molecule has 138 valence electrons. The van der Waals surface area contributed by atoms with Crippen LogP contribution in [-0.2, 0) is 11.3 Å². The lowest BCUT2D eigenvalue weighted by Gasteiger charge is -2.12. The fourth-order valence-corrected chi connectivity index (χ4v) is 2.34. The van der Waals surface area contributed by atoms with E-state index in [-0.39, 0.29) is 18.5 Å². The molecule has 3 rings (SSSR count). The number of hydrogen-bond acceptors (Lipinski definition) is 6. The lowest BCUT2D eigenvalue weighted by molar-refractivity contribution is -0.123. The molecule has 8 nitrogen and oxygen atoms in total. The zero-order valence-electron chi connectivity index (χ0n) is 14.2. The van der Waals surface area contributed by atoms with Gasteiger partial charge in [0.15, 0.2) is 23.2 Å². The Hall–Kier alpha value is -3.51. The molecule has 0 aromatic heterocycles. The van der Waals surface area contributed by atoms with Gasteiger partial charge in [-0.15, -0.1) is 0 Å². The molecule has 1 aliphatic rings. The zero-order chi connectivity index (χ0) is 19.1. The molecular weight excluding hydrogens is 368 g/mol. The van der Waals surface area contributed by atoms with Gasteiger partial charge in [-0.1, -0.05) is 6.07 Å². The second kappa shape index (κ2) is 8.73. The van der Waals surface area contributed by atoms with Gasteiger partial charge in [0.25, 0.3) is 5.91 Å². The smallest absolute Gasteiger partial charge is 0.276 e. The van der Waals surface area contributed by atoms with Gasteiger partial charge >= 0.3 is 0 Å². The molecule has 0 bridgehead atoms. The van der Waals surface area contributed by atoms with Crippen molar-refractivity contribution in [1.29, 1.82) is 5.26 Å². The summed E-state index contributed by atoms with van der Waals surface area (Å²) in [4.78, 5) is 11.8. The molecule has 3 N–H and O–H groups in total. The van der Waals surface area contributed by atoms with E-state index in [0.29, 0.717) is 29.4 Å². The van der Waals surface area contributed by atoms with Crippen LogP contribution in [-0.4, -0.2) is 24.4 Å². The van der Waals surface area contributed by atoms with E-state index in [4.69, 9.17) is 31.7 Å². The molecule has 0 aliphatic carbocycles. The number of carbonyl (C=O) groups excluding carboxylic acids is 1. The van der Waals surface area contributed by atoms with Gasteiger partial charge in [0.1, 0.15) is 5.75 Å². The molecule has 1 heterocycles. The summed E-state index contributed by atoms with van der Waals surface area (Å²) in [6.07, 6.45) is 0. The summed E-state index contributed by atoms with van der Waals surface area (Å²) in [7, 11) is 0. The Kier molecular flexibility index (Phi) is 5.91. The van der Waals surface area contributed by atoms with E-state index in [9.17, 15) is 4.79 Å². The third-order valence-corrected chi connectivity index (χ3v) is 3.81. The van der Waals surface area contributed by atoms with E-state index in [1.807, 2.05) is 24.3 Å². The van der Waals surface area contributed by atoms with Crippen LogP contribution in [0.5, 0.6) is 17.2 Å². The molecule has 1 aliphatic heterocycles. The van der Waals surface area contributed by atoms with Crippen molar-refractivity contribution in [2.45, 2.75) is 6.54 Å². The van der Waals surface area contributed by atoms with E-state index < -0.39 is 5.91 Å². The summed E-state index contributed by atoms with van der Waals surface area (Å²) in [5.74, 6) is 1.51. The van der Waals surface area contributed by atoms with E-state index in [2.05, 4.69) is 16.2 Å². The number of nitrogens with zero attached hydrogens (tertiary/aromatic N) is 1. The number of amides is 1. The maximum absolute atomic E-state index is 11.8. The fourth-order valence-electron chi connectivity index (χ4n) is 2.21. The molecule has 0 unspecified atom stereocenters. The van der Waals surface area contributed by atoms with E-state index in [0.717, 1.165) is 5.56 Å². The molecule has 9 heteroatoms. The zero-order valence-corrected chi connectivity index (χ0v) is 15.0. The molecule has 0 saturated carbocycles. The molecule has 27 heavy (non-hydrogen) atoms. The minimum Gasteiger partial charge on any atom is -0.484 e. The van der Waals surface area contributed by atoms with Gasteiger partial charge in [0.2, 0.25) is 6.79 Å². The highest BCUT2D eigenvalue weighted by molar-refractivity contribution is 7.80. The van der Waals surface area contributed by atoms with Crippen molar-refractivity contribution in [2.75, 3.05) is 13.4 Å². The van der Waals surface area contributed by atoms with Crippen LogP contribution in [0.3, 0.4) is 0 Å². The Balaban J connectivity index is 1.35. The van der Waals surface area contributed by atoms with E-state index in [1.165, 1.54) is 0 Å². The molecule has 0 spiro atoms. The van der Waals surface area contributed by atoms with Gasteiger partial charge in [-0.3, -0.25) is 15.6 Å². The molecular formula is C18H16N4O4S. The Morgan fingerprint density at radius 2 is 1.93 bits per heavy atom. The van der Waals surface area contributed by atoms with Crippen LogP contribution < -0.4 is 30.4 Å². The lowest BCUT2D eigenvalue weighted by Crippen LogP contribution is -2.48. The van der Waals surface area contributed by atoms with Crippen LogP contribution in [0.1, 0.15) is 11.1 Å². The number of nitrogens with one attached hydrogen (secondary N) is 3. The van der Waals surface area contributed by atoms with Crippen molar-refractivity contribution in [3.63, 3.8) is 0 Å². The Bertz CT molecular complexity index is 880. The van der Waals surface area contributed by atoms with Crippen molar-refractivity contribution in [1.82, 2.24) is 16.2 Å². The average molecular weight is 384 g/mol. The quantitative estimate of drug-likeness (QED) is 0.524. The number of ether oxygens (including phenoxy) is 3. The number of fused-ring (bicyclic) bond motifs is 1. The van der Waals surface area contributed by atoms with Crippen LogP contribution in [0.4, 0.5) is 0 Å². The first-order valence-electron chi connectivity index (χ1n) is 7.98. The van der Waals surface area contributed by atoms with Crippen LogP contribution in [0.15, 0.2) is 42.5 Å². The first-order valence-corrected chi connectivity index (χ1v) is 8.39. The number of hydrogen-bond donors (Lipinski definition) is 3. The van der Waals surface area contributed by atoms with Gasteiger partial charge in [-0.05, 0) is 54.2 Å². The van der Waals surface area contributed by atoms with Crippen molar-refractivity contribution < 1.29 is 19.0 Å². The third kappa shape index (κ3) is 5.23. The highest BCUT2D eigenvalue weighted by Gasteiger charge is 2.13. The topological polar surface area (TPSA) is 105 Å².